The van der Waals surface area contributed by atoms with Gasteiger partial charge in [-0.05, 0) is 38.5 Å². The zero-order valence-electron chi connectivity index (χ0n) is 40.5. The van der Waals surface area contributed by atoms with Gasteiger partial charge in [0.25, 0.3) is 0 Å². The Bertz CT molecular complexity index is 582. The number of hydrogen-bond donors (Lipinski definition) is 0. The van der Waals surface area contributed by atoms with Crippen LogP contribution in [-0.2, 0) is 0 Å². The van der Waals surface area contributed by atoms with Crippen molar-refractivity contribution in [2.24, 2.45) is 0 Å². The van der Waals surface area contributed by atoms with E-state index in [0.29, 0.717) is 0 Å². The second kappa shape index (κ2) is 49.3. The van der Waals surface area contributed by atoms with Crippen LogP contribution in [0.1, 0.15) is 329 Å². The maximum atomic E-state index is 2.64. The highest BCUT2D eigenvalue weighted by Gasteiger charge is 2.20. The van der Waals surface area contributed by atoms with Crippen molar-refractivity contribution in [3.8, 4) is 0 Å². The van der Waals surface area contributed by atoms with Crippen LogP contribution in [0.3, 0.4) is 0 Å². The highest BCUT2D eigenvalue weighted by Crippen LogP contribution is 2.19. The van der Waals surface area contributed by atoms with Crippen molar-refractivity contribution < 1.29 is 4.48 Å². The topological polar surface area (TPSA) is 0 Å². The van der Waals surface area contributed by atoms with Crippen LogP contribution in [0.4, 0.5) is 0 Å². The van der Waals surface area contributed by atoms with E-state index in [9.17, 15) is 0 Å². The van der Waals surface area contributed by atoms with Crippen LogP contribution < -0.4 is 0 Å². The third-order valence-corrected chi connectivity index (χ3v) is 13.7. The maximum absolute atomic E-state index is 2.64. The van der Waals surface area contributed by atoms with Crippen LogP contribution in [0.25, 0.3) is 0 Å². The molecule has 56 heavy (non-hydrogen) atoms. The molecule has 0 radical (unpaired) electrons. The summed E-state index contributed by atoms with van der Waals surface area (Å²) in [7, 11) is 2.64. The van der Waals surface area contributed by atoms with Crippen LogP contribution in [-0.4, -0.2) is 31.2 Å². The minimum absolute atomic E-state index is 1.37. The molecule has 0 N–H and O–H groups in total. The Morgan fingerprint density at radius 2 is 0.268 bits per heavy atom. The van der Waals surface area contributed by atoms with Crippen molar-refractivity contribution in [1.82, 2.24) is 0 Å². The maximum Gasteiger partial charge on any atom is 0.0784 e. The number of rotatable bonds is 51. The van der Waals surface area contributed by atoms with Crippen LogP contribution in [0.2, 0.25) is 0 Å². The number of nitrogens with zero attached hydrogens (tertiary/aromatic N) is 1. The summed E-state index contributed by atoms with van der Waals surface area (Å²) >= 11 is 0. The van der Waals surface area contributed by atoms with Crippen LogP contribution in [0.15, 0.2) is 0 Å². The molecule has 1 heteroatoms. The van der Waals surface area contributed by atoms with Gasteiger partial charge in [-0.15, -0.1) is 0 Å². The monoisotopic (exact) mass is 789 g/mol. The average Bonchev–Trinajstić information content (AvgIpc) is 3.20. The molecule has 0 spiro atoms. The lowest BCUT2D eigenvalue weighted by Crippen LogP contribution is -2.46. The van der Waals surface area contributed by atoms with Crippen LogP contribution in [0, 0.1) is 0 Å². The molecule has 338 valence electrons. The van der Waals surface area contributed by atoms with Gasteiger partial charge in [0.2, 0.25) is 0 Å². The predicted octanol–water partition coefficient (Wildman–Crippen LogP) is 20.2. The largest absolute Gasteiger partial charge is 0.326 e. The van der Waals surface area contributed by atoms with E-state index in [1.807, 2.05) is 0 Å². The molecule has 1 nitrogen and oxygen atoms in total. The second-order valence-electron chi connectivity index (χ2n) is 19.7. The quantitative estimate of drug-likeness (QED) is 0.0425. The van der Waals surface area contributed by atoms with Crippen molar-refractivity contribution in [3.63, 3.8) is 0 Å². The molecule has 0 unspecified atom stereocenters. The minimum atomic E-state index is 1.37. The molecule has 0 aromatic carbocycles. The standard InChI is InChI=1S/C55H114N/c1-5-8-11-14-17-20-23-26-29-32-35-38-41-44-47-50-53-56(4,54-51-48-45-42-39-36-33-30-27-24-21-18-15-12-9-6-2)55-52-49-46-43-40-37-34-31-28-25-22-19-16-13-10-7-3/h5-55H2,1-4H3/q+1. The zero-order chi connectivity index (χ0) is 40.6. The summed E-state index contributed by atoms with van der Waals surface area (Å²) in [5, 5.41) is 0. The van der Waals surface area contributed by atoms with E-state index in [2.05, 4.69) is 27.8 Å². The van der Waals surface area contributed by atoms with Crippen molar-refractivity contribution in [1.29, 1.82) is 0 Å². The van der Waals surface area contributed by atoms with Gasteiger partial charge >= 0.3 is 0 Å². The van der Waals surface area contributed by atoms with Gasteiger partial charge in [-0.1, -0.05) is 290 Å². The molecular weight excluding hydrogens is 675 g/mol. The van der Waals surface area contributed by atoms with E-state index in [0.717, 1.165) is 0 Å². The summed E-state index contributed by atoms with van der Waals surface area (Å²) in [5.74, 6) is 0. The summed E-state index contributed by atoms with van der Waals surface area (Å²) in [4.78, 5) is 0. The number of unbranched alkanes of at least 4 members (excludes halogenated alkanes) is 45. The Hall–Kier alpha value is -0.0400. The fourth-order valence-corrected chi connectivity index (χ4v) is 9.46. The molecule has 0 aliphatic rings. The Kier molecular flexibility index (Phi) is 49.3. The van der Waals surface area contributed by atoms with Gasteiger partial charge in [-0.2, -0.15) is 0 Å². The average molecular weight is 790 g/mol. The van der Waals surface area contributed by atoms with Gasteiger partial charge in [0.15, 0.2) is 0 Å². The Labute approximate surface area is 358 Å². The molecule has 0 aliphatic heterocycles. The highest BCUT2D eigenvalue weighted by molar-refractivity contribution is 4.55. The van der Waals surface area contributed by atoms with Gasteiger partial charge < -0.3 is 4.48 Å². The molecule has 0 rings (SSSR count). The van der Waals surface area contributed by atoms with Crippen molar-refractivity contribution in [2.75, 3.05) is 26.7 Å². The van der Waals surface area contributed by atoms with E-state index in [4.69, 9.17) is 0 Å². The first-order chi connectivity index (χ1) is 27.7. The van der Waals surface area contributed by atoms with E-state index < -0.39 is 0 Å². The first-order valence-electron chi connectivity index (χ1n) is 27.5. The second-order valence-corrected chi connectivity index (χ2v) is 19.7. The molecule has 0 atom stereocenters. The SMILES string of the molecule is CCCCCCCCCCCCCCCCCC[N+](C)(CCCCCCCCCCCCCCCCCC)CCCCCCCCCCCCCCCCCC. The Morgan fingerprint density at radius 1 is 0.161 bits per heavy atom. The van der Waals surface area contributed by atoms with Crippen molar-refractivity contribution >= 4 is 0 Å². The molecule has 0 bridgehead atoms. The third-order valence-electron chi connectivity index (χ3n) is 13.7. The Balaban J connectivity index is 4.08. The van der Waals surface area contributed by atoms with Gasteiger partial charge in [-0.3, -0.25) is 0 Å². The molecule has 0 aliphatic carbocycles. The Morgan fingerprint density at radius 3 is 0.393 bits per heavy atom. The third kappa shape index (κ3) is 46.6. The predicted molar refractivity (Wildman–Crippen MR) is 259 cm³/mol. The van der Waals surface area contributed by atoms with E-state index in [1.54, 1.807) is 0 Å². The minimum Gasteiger partial charge on any atom is -0.326 e. The summed E-state index contributed by atoms with van der Waals surface area (Å²) in [6.07, 6.45) is 70.7. The summed E-state index contributed by atoms with van der Waals surface area (Å²) in [6, 6.07) is 0. The zero-order valence-corrected chi connectivity index (χ0v) is 40.5. The molecule has 0 aromatic heterocycles. The lowest BCUT2D eigenvalue weighted by atomic mass is 10.0. The molecule has 0 fully saturated rings. The summed E-state index contributed by atoms with van der Waals surface area (Å²) in [6.45, 7) is 11.3. The van der Waals surface area contributed by atoms with Crippen LogP contribution in [0.5, 0.6) is 0 Å². The molecule has 0 saturated carbocycles. The van der Waals surface area contributed by atoms with Gasteiger partial charge in [0.05, 0.1) is 26.7 Å². The van der Waals surface area contributed by atoms with E-state index in [-0.39, 0.29) is 0 Å². The first-order valence-corrected chi connectivity index (χ1v) is 27.5. The molecule has 0 amide bonds. The normalized spacial score (nSPS) is 12.0. The molecule has 0 saturated heterocycles. The van der Waals surface area contributed by atoms with E-state index >= 15 is 0 Å². The fourth-order valence-electron chi connectivity index (χ4n) is 9.46. The van der Waals surface area contributed by atoms with Gasteiger partial charge in [-0.25, -0.2) is 0 Å². The first kappa shape index (κ1) is 56.0. The highest BCUT2D eigenvalue weighted by atomic mass is 15.3. The van der Waals surface area contributed by atoms with Gasteiger partial charge in [0.1, 0.15) is 0 Å². The lowest BCUT2D eigenvalue weighted by Gasteiger charge is -2.35. The molecular formula is C55H114N+. The number of hydrogen-bond acceptors (Lipinski definition) is 0. The summed E-state index contributed by atoms with van der Waals surface area (Å²) < 4.78 is 1.37. The van der Waals surface area contributed by atoms with Crippen LogP contribution >= 0.6 is 0 Å². The van der Waals surface area contributed by atoms with Gasteiger partial charge in [0, 0.05) is 0 Å². The molecule has 0 aromatic rings. The summed E-state index contributed by atoms with van der Waals surface area (Å²) in [5.41, 5.74) is 0. The number of quaternary nitrogens is 1. The van der Waals surface area contributed by atoms with Crippen molar-refractivity contribution in [3.05, 3.63) is 0 Å². The van der Waals surface area contributed by atoms with E-state index in [1.165, 1.54) is 332 Å². The molecule has 0 heterocycles. The van der Waals surface area contributed by atoms with Crippen molar-refractivity contribution in [2.45, 2.75) is 329 Å². The lowest BCUT2D eigenvalue weighted by molar-refractivity contribution is -0.910. The fraction of sp³-hybridized carbons (Fsp3) is 1.00. The smallest absolute Gasteiger partial charge is 0.0784 e.